The van der Waals surface area contributed by atoms with Crippen molar-refractivity contribution in [3.8, 4) is 0 Å². The minimum absolute atomic E-state index is 0.0216. The fourth-order valence-corrected chi connectivity index (χ4v) is 5.55. The van der Waals surface area contributed by atoms with E-state index in [1.54, 1.807) is 0 Å². The Bertz CT molecular complexity index is 968. The number of nitrogens with two attached hydrogens (primary N) is 1. The third-order valence-electron chi connectivity index (χ3n) is 7.82. The van der Waals surface area contributed by atoms with Crippen molar-refractivity contribution in [1.82, 2.24) is 10.2 Å². The van der Waals surface area contributed by atoms with Gasteiger partial charge in [0.1, 0.15) is 0 Å². The Hall–Kier alpha value is -2.70. The second-order valence-electron chi connectivity index (χ2n) is 10.6. The van der Waals surface area contributed by atoms with E-state index in [9.17, 15) is 9.59 Å². The predicted molar refractivity (Wildman–Crippen MR) is 145 cm³/mol. The Morgan fingerprint density at radius 3 is 2.31 bits per heavy atom. The molecule has 2 aliphatic rings. The van der Waals surface area contributed by atoms with Crippen molar-refractivity contribution >= 4 is 11.9 Å². The first kappa shape index (κ1) is 27.9. The van der Waals surface area contributed by atoms with Gasteiger partial charge in [0.15, 0.2) is 0 Å². The molecule has 0 spiro atoms. The lowest BCUT2D eigenvalue weighted by atomic mass is 9.75. The van der Waals surface area contributed by atoms with Gasteiger partial charge in [0.2, 0.25) is 5.91 Å². The van der Waals surface area contributed by atoms with Gasteiger partial charge in [-0.3, -0.25) is 9.59 Å². The van der Waals surface area contributed by atoms with E-state index >= 15 is 0 Å². The van der Waals surface area contributed by atoms with Gasteiger partial charge in [-0.25, -0.2) is 0 Å². The van der Waals surface area contributed by atoms with E-state index in [1.807, 2.05) is 6.07 Å². The summed E-state index contributed by atoms with van der Waals surface area (Å²) in [5.41, 5.74) is 10.3. The zero-order valence-corrected chi connectivity index (χ0v) is 21.9. The smallest absolute Gasteiger partial charge is 0.303 e. The second kappa shape index (κ2) is 13.6. The maximum absolute atomic E-state index is 12.0. The fourth-order valence-electron chi connectivity index (χ4n) is 5.55. The summed E-state index contributed by atoms with van der Waals surface area (Å²) in [6, 6.07) is 19.6. The summed E-state index contributed by atoms with van der Waals surface area (Å²) in [5, 5.41) is 11.7. The molecular weight excluding hydrogens is 450 g/mol. The highest BCUT2D eigenvalue weighted by Crippen LogP contribution is 2.35. The molecule has 1 atom stereocenters. The molecule has 0 aromatic heterocycles. The van der Waals surface area contributed by atoms with E-state index in [2.05, 4.69) is 72.8 Å². The summed E-state index contributed by atoms with van der Waals surface area (Å²) in [6.45, 7) is 0. The lowest BCUT2D eigenvalue weighted by molar-refractivity contribution is -0.137. The number of aryl methyl sites for hydroxylation is 1. The zero-order valence-electron chi connectivity index (χ0n) is 21.9. The van der Waals surface area contributed by atoms with E-state index in [1.165, 1.54) is 29.5 Å². The third-order valence-corrected chi connectivity index (χ3v) is 7.82. The van der Waals surface area contributed by atoms with Crippen molar-refractivity contribution in [2.24, 2.45) is 5.73 Å². The van der Waals surface area contributed by atoms with Crippen molar-refractivity contribution in [3.05, 3.63) is 71.3 Å². The number of nitrogens with one attached hydrogen (secondary N) is 1. The highest BCUT2D eigenvalue weighted by molar-refractivity contribution is 5.77. The summed E-state index contributed by atoms with van der Waals surface area (Å²) >= 11 is 0. The van der Waals surface area contributed by atoms with E-state index in [0.29, 0.717) is 18.9 Å². The Balaban J connectivity index is 0.000000270. The molecule has 4 rings (SSSR count). The molecule has 0 heterocycles. The number of fused-ring (bicyclic) bond motifs is 1. The molecule has 4 N–H and O–H groups in total. The molecule has 2 aromatic rings. The minimum atomic E-state index is -0.845. The molecule has 36 heavy (non-hydrogen) atoms. The number of rotatable bonds is 8. The number of hydrogen-bond donors (Lipinski definition) is 3. The third kappa shape index (κ3) is 8.17. The van der Waals surface area contributed by atoms with Gasteiger partial charge < -0.3 is 21.1 Å². The van der Waals surface area contributed by atoms with Crippen LogP contribution in [-0.2, 0) is 22.4 Å². The number of carbonyl (C=O) groups excluding carboxylic acids is 1. The van der Waals surface area contributed by atoms with Crippen LogP contribution in [0.2, 0.25) is 0 Å². The van der Waals surface area contributed by atoms with Gasteiger partial charge >= 0.3 is 5.97 Å². The number of aliphatic carboxylic acids is 1. The van der Waals surface area contributed by atoms with Crippen LogP contribution in [0.5, 0.6) is 0 Å². The number of carboxylic acids is 1. The molecule has 1 unspecified atom stereocenters. The van der Waals surface area contributed by atoms with E-state index in [4.69, 9.17) is 10.8 Å². The molecule has 0 bridgehead atoms. The van der Waals surface area contributed by atoms with Crippen molar-refractivity contribution < 1.29 is 14.7 Å². The Morgan fingerprint density at radius 2 is 1.67 bits per heavy atom. The maximum atomic E-state index is 12.0. The molecule has 6 heteroatoms. The molecule has 6 nitrogen and oxygen atoms in total. The number of likely N-dealkylation sites (N-methyl/N-ethyl adjacent to an activating group) is 1. The van der Waals surface area contributed by atoms with Crippen LogP contribution in [-0.4, -0.2) is 47.6 Å². The summed E-state index contributed by atoms with van der Waals surface area (Å²) in [6.07, 6.45) is 9.43. The number of nitrogens with zero attached hydrogens (tertiary/aromatic N) is 1. The van der Waals surface area contributed by atoms with Crippen LogP contribution >= 0.6 is 0 Å². The van der Waals surface area contributed by atoms with Crippen LogP contribution in [0.3, 0.4) is 0 Å². The molecular formula is C30H43N3O3. The monoisotopic (exact) mass is 493 g/mol. The molecule has 1 fully saturated rings. The van der Waals surface area contributed by atoms with Gasteiger partial charge in [0, 0.05) is 30.5 Å². The normalized spacial score (nSPS) is 23.2. The van der Waals surface area contributed by atoms with E-state index in [-0.39, 0.29) is 23.9 Å². The summed E-state index contributed by atoms with van der Waals surface area (Å²) in [7, 11) is 4.29. The Labute approximate surface area is 216 Å². The van der Waals surface area contributed by atoms with E-state index < -0.39 is 5.97 Å². The van der Waals surface area contributed by atoms with Crippen molar-refractivity contribution in [1.29, 1.82) is 0 Å². The van der Waals surface area contributed by atoms with Crippen molar-refractivity contribution in [3.63, 3.8) is 0 Å². The van der Waals surface area contributed by atoms with Crippen LogP contribution in [0.1, 0.15) is 80.5 Å². The van der Waals surface area contributed by atoms with Crippen LogP contribution in [0.15, 0.2) is 54.6 Å². The standard InChI is InChI=1S/C20H30N2O3.C10H13N/c1-22(2)20(15-16-7-4-3-5-8-16)13-11-17(12-14-20)21-18(23)9-6-10-19(24)25;11-10-7-3-5-8-4-1-2-6-9(8)10/h3-5,7-8,17H,6,9-15H2,1-2H3,(H,21,23)(H,24,25);1-2,4,6,10H,3,5,7,11H2. The molecule has 1 saturated carbocycles. The fraction of sp³-hybridized carbons (Fsp3) is 0.533. The van der Waals surface area contributed by atoms with Gasteiger partial charge in [-0.1, -0.05) is 54.6 Å². The number of benzene rings is 2. The van der Waals surface area contributed by atoms with Crippen molar-refractivity contribution in [2.75, 3.05) is 14.1 Å². The minimum Gasteiger partial charge on any atom is -0.481 e. The molecule has 0 aliphatic heterocycles. The first-order chi connectivity index (χ1) is 17.3. The van der Waals surface area contributed by atoms with Gasteiger partial charge in [-0.05, 0) is 88.6 Å². The van der Waals surface area contributed by atoms with Gasteiger partial charge in [0.25, 0.3) is 0 Å². The maximum Gasteiger partial charge on any atom is 0.303 e. The summed E-state index contributed by atoms with van der Waals surface area (Å²) in [4.78, 5) is 24.8. The first-order valence-electron chi connectivity index (χ1n) is 13.3. The highest BCUT2D eigenvalue weighted by Gasteiger charge is 2.37. The zero-order chi connectivity index (χ0) is 26.0. The van der Waals surface area contributed by atoms with Crippen LogP contribution in [0.4, 0.5) is 0 Å². The van der Waals surface area contributed by atoms with Gasteiger partial charge in [-0.2, -0.15) is 0 Å². The van der Waals surface area contributed by atoms with Crippen molar-refractivity contribution in [2.45, 2.75) is 88.3 Å². The summed E-state index contributed by atoms with van der Waals surface area (Å²) < 4.78 is 0. The largest absolute Gasteiger partial charge is 0.481 e. The van der Waals surface area contributed by atoms with Crippen LogP contribution < -0.4 is 11.1 Å². The van der Waals surface area contributed by atoms with Crippen LogP contribution in [0.25, 0.3) is 0 Å². The SMILES string of the molecule is CN(C)C1(Cc2ccccc2)CCC(NC(=O)CCCC(=O)O)CC1.NC1CCCc2ccccc21. The van der Waals surface area contributed by atoms with E-state index in [0.717, 1.165) is 38.5 Å². The van der Waals surface area contributed by atoms with Crippen LogP contribution in [0, 0.1) is 0 Å². The molecule has 2 aliphatic carbocycles. The first-order valence-corrected chi connectivity index (χ1v) is 13.3. The number of amides is 1. The quantitative estimate of drug-likeness (QED) is 0.488. The average molecular weight is 494 g/mol. The Morgan fingerprint density at radius 1 is 1.00 bits per heavy atom. The highest BCUT2D eigenvalue weighted by atomic mass is 16.4. The molecule has 2 aromatic carbocycles. The molecule has 196 valence electrons. The molecule has 1 amide bonds. The predicted octanol–water partition coefficient (Wildman–Crippen LogP) is 4.87. The lowest BCUT2D eigenvalue weighted by Crippen LogP contribution is -2.52. The average Bonchev–Trinajstić information content (AvgIpc) is 2.86. The molecule has 0 saturated heterocycles. The topological polar surface area (TPSA) is 95.7 Å². The second-order valence-corrected chi connectivity index (χ2v) is 10.6. The lowest BCUT2D eigenvalue weighted by Gasteiger charge is -2.45. The number of hydrogen-bond acceptors (Lipinski definition) is 4. The number of carboxylic acid groups (broad SMARTS) is 1. The summed E-state index contributed by atoms with van der Waals surface area (Å²) in [5.74, 6) is -0.867. The number of carbonyl (C=O) groups is 2. The Kier molecular flexibility index (Phi) is 10.5. The van der Waals surface area contributed by atoms with Gasteiger partial charge in [0.05, 0.1) is 0 Å². The molecule has 0 radical (unpaired) electrons. The van der Waals surface area contributed by atoms with Gasteiger partial charge in [-0.15, -0.1) is 0 Å².